The number of carbonyl (C=O) groups is 1. The molecule has 0 aromatic carbocycles. The fraction of sp³-hybridized carbons (Fsp3) is 0.974. The van der Waals surface area contributed by atoms with Gasteiger partial charge >= 0.3 is 0 Å². The first-order valence-corrected chi connectivity index (χ1v) is 20.2. The third kappa shape index (κ3) is 22.1. The summed E-state index contributed by atoms with van der Waals surface area (Å²) in [6.07, 6.45) is 23.9. The average molecular weight is 688 g/mol. The Balaban J connectivity index is 2.38. The van der Waals surface area contributed by atoms with Crippen molar-refractivity contribution in [3.63, 3.8) is 0 Å². The van der Waals surface area contributed by atoms with Crippen LogP contribution in [0.3, 0.4) is 0 Å². The Labute approximate surface area is 294 Å². The van der Waals surface area contributed by atoms with Gasteiger partial charge in [0.2, 0.25) is 5.91 Å². The molecule has 0 bridgehead atoms. The largest absolute Gasteiger partial charge is 0.394 e. The fourth-order valence-corrected chi connectivity index (χ4v) is 6.63. The van der Waals surface area contributed by atoms with Gasteiger partial charge in [-0.3, -0.25) is 4.79 Å². The first kappa shape index (κ1) is 45.2. The molecule has 286 valence electrons. The van der Waals surface area contributed by atoms with Crippen molar-refractivity contribution in [1.29, 1.82) is 0 Å². The van der Waals surface area contributed by atoms with Crippen molar-refractivity contribution in [2.75, 3.05) is 13.2 Å². The molecule has 0 aliphatic carbocycles. The lowest BCUT2D eigenvalue weighted by molar-refractivity contribution is -0.302. The third-order valence-electron chi connectivity index (χ3n) is 9.96. The Hall–Kier alpha value is -0.810. The van der Waals surface area contributed by atoms with Crippen molar-refractivity contribution in [2.45, 2.75) is 230 Å². The van der Waals surface area contributed by atoms with Gasteiger partial charge in [0.15, 0.2) is 6.29 Å². The number of hydrogen-bond donors (Lipinski definition) is 6. The van der Waals surface area contributed by atoms with Gasteiger partial charge in [0, 0.05) is 6.42 Å². The highest BCUT2D eigenvalue weighted by Crippen LogP contribution is 2.23. The zero-order valence-electron chi connectivity index (χ0n) is 31.0. The molecule has 0 aromatic heterocycles. The summed E-state index contributed by atoms with van der Waals surface area (Å²) in [7, 11) is 0. The number of rotatable bonds is 33. The van der Waals surface area contributed by atoms with Gasteiger partial charge in [0.25, 0.3) is 0 Å². The molecule has 9 heteroatoms. The van der Waals surface area contributed by atoms with E-state index in [1.54, 1.807) is 0 Å². The summed E-state index contributed by atoms with van der Waals surface area (Å²) in [5, 5.41) is 54.1. The monoisotopic (exact) mass is 688 g/mol. The van der Waals surface area contributed by atoms with Crippen LogP contribution < -0.4 is 5.32 Å². The Morgan fingerprint density at radius 2 is 1.04 bits per heavy atom. The van der Waals surface area contributed by atoms with E-state index in [2.05, 4.69) is 19.2 Å². The van der Waals surface area contributed by atoms with Crippen LogP contribution in [0.1, 0.15) is 187 Å². The molecule has 0 aromatic rings. The molecule has 0 saturated carbocycles. The highest BCUT2D eigenvalue weighted by Gasteiger charge is 2.44. The number of aliphatic hydroxyl groups is 5. The van der Waals surface area contributed by atoms with Gasteiger partial charge in [-0.2, -0.15) is 0 Å². The zero-order chi connectivity index (χ0) is 35.2. The summed E-state index contributed by atoms with van der Waals surface area (Å²) in [6, 6.07) is -0.709. The molecule has 1 fully saturated rings. The van der Waals surface area contributed by atoms with E-state index >= 15 is 0 Å². The molecular formula is C39H77NO8. The minimum atomic E-state index is -1.55. The lowest BCUT2D eigenvalue weighted by Crippen LogP contribution is -2.60. The predicted molar refractivity (Wildman–Crippen MR) is 194 cm³/mol. The van der Waals surface area contributed by atoms with Gasteiger partial charge in [-0.1, -0.05) is 168 Å². The lowest BCUT2D eigenvalue weighted by Gasteiger charge is -2.40. The molecule has 1 aliphatic rings. The first-order valence-electron chi connectivity index (χ1n) is 20.2. The molecular weight excluding hydrogens is 610 g/mol. The van der Waals surface area contributed by atoms with Crippen molar-refractivity contribution in [3.05, 3.63) is 0 Å². The van der Waals surface area contributed by atoms with E-state index in [1.807, 2.05) is 0 Å². The first-order chi connectivity index (χ1) is 23.3. The van der Waals surface area contributed by atoms with Crippen molar-refractivity contribution in [3.8, 4) is 0 Å². The highest BCUT2D eigenvalue weighted by molar-refractivity contribution is 5.76. The average Bonchev–Trinajstić information content (AvgIpc) is 3.08. The third-order valence-corrected chi connectivity index (χ3v) is 9.96. The van der Waals surface area contributed by atoms with Crippen LogP contribution in [0.5, 0.6) is 0 Å². The molecule has 1 saturated heterocycles. The fourth-order valence-electron chi connectivity index (χ4n) is 6.63. The molecule has 6 N–H and O–H groups in total. The normalized spacial score (nSPS) is 22.5. The lowest BCUT2D eigenvalue weighted by atomic mass is 9.99. The maximum Gasteiger partial charge on any atom is 0.220 e. The maximum absolute atomic E-state index is 12.9. The van der Waals surface area contributed by atoms with Crippen LogP contribution >= 0.6 is 0 Å². The number of unbranched alkanes of at least 4 members (excludes halogenated alkanes) is 23. The molecule has 1 rings (SSSR count). The highest BCUT2D eigenvalue weighted by atomic mass is 16.7. The quantitative estimate of drug-likeness (QED) is 0.0396. The molecule has 0 radical (unpaired) electrons. The molecule has 9 nitrogen and oxygen atoms in total. The summed E-state index contributed by atoms with van der Waals surface area (Å²) in [4.78, 5) is 12.9. The molecule has 7 unspecified atom stereocenters. The molecule has 1 aliphatic heterocycles. The maximum atomic E-state index is 12.9. The Morgan fingerprint density at radius 3 is 1.48 bits per heavy atom. The molecule has 48 heavy (non-hydrogen) atoms. The second kappa shape index (κ2) is 31.0. The van der Waals surface area contributed by atoms with Crippen LogP contribution in [0.2, 0.25) is 0 Å². The Morgan fingerprint density at radius 1 is 0.625 bits per heavy atom. The van der Waals surface area contributed by atoms with Gasteiger partial charge in [-0.25, -0.2) is 0 Å². The van der Waals surface area contributed by atoms with Gasteiger partial charge in [-0.05, 0) is 12.8 Å². The summed E-state index contributed by atoms with van der Waals surface area (Å²) in [5.41, 5.74) is 0. The topological polar surface area (TPSA) is 149 Å². The van der Waals surface area contributed by atoms with Crippen LogP contribution in [0, 0.1) is 0 Å². The van der Waals surface area contributed by atoms with E-state index in [1.165, 1.54) is 122 Å². The molecule has 0 spiro atoms. The second-order valence-corrected chi connectivity index (χ2v) is 14.4. The van der Waals surface area contributed by atoms with E-state index in [9.17, 15) is 30.3 Å². The Kier molecular flexibility index (Phi) is 29.2. The van der Waals surface area contributed by atoms with Gasteiger partial charge in [0.05, 0.1) is 25.4 Å². The number of nitrogens with one attached hydrogen (secondary N) is 1. The SMILES string of the molecule is CCCCCCCCCCCCCCCCCC(O)C(COC1OC(CO)C(O)C(O)C1O)NC(=O)CCCCCCCCCCCC. The summed E-state index contributed by atoms with van der Waals surface area (Å²) >= 11 is 0. The molecule has 1 amide bonds. The second-order valence-electron chi connectivity index (χ2n) is 14.4. The van der Waals surface area contributed by atoms with Gasteiger partial charge in [-0.15, -0.1) is 0 Å². The number of ether oxygens (including phenoxy) is 2. The number of aliphatic hydroxyl groups excluding tert-OH is 5. The minimum absolute atomic E-state index is 0.133. The van der Waals surface area contributed by atoms with E-state index in [4.69, 9.17) is 9.47 Å². The van der Waals surface area contributed by atoms with Crippen LogP contribution in [0.15, 0.2) is 0 Å². The van der Waals surface area contributed by atoms with E-state index < -0.39 is 49.5 Å². The summed E-state index contributed by atoms with van der Waals surface area (Å²) < 4.78 is 11.2. The number of amides is 1. The van der Waals surface area contributed by atoms with Crippen molar-refractivity contribution in [1.82, 2.24) is 5.32 Å². The summed E-state index contributed by atoms with van der Waals surface area (Å²) in [5.74, 6) is -0.146. The van der Waals surface area contributed by atoms with Gasteiger partial charge < -0.3 is 40.3 Å². The van der Waals surface area contributed by atoms with E-state index in [-0.39, 0.29) is 12.5 Å². The summed E-state index contributed by atoms with van der Waals surface area (Å²) in [6.45, 7) is 3.81. The molecule has 7 atom stereocenters. The number of hydrogen-bond acceptors (Lipinski definition) is 8. The van der Waals surface area contributed by atoms with E-state index in [0.29, 0.717) is 12.8 Å². The minimum Gasteiger partial charge on any atom is -0.394 e. The van der Waals surface area contributed by atoms with E-state index in [0.717, 1.165) is 38.5 Å². The van der Waals surface area contributed by atoms with Crippen molar-refractivity contribution in [2.24, 2.45) is 0 Å². The van der Waals surface area contributed by atoms with Gasteiger partial charge in [0.1, 0.15) is 24.4 Å². The smallest absolute Gasteiger partial charge is 0.220 e. The Bertz CT molecular complexity index is 726. The van der Waals surface area contributed by atoms with Crippen molar-refractivity contribution < 1.29 is 39.8 Å². The van der Waals surface area contributed by atoms with Crippen LogP contribution in [-0.2, 0) is 14.3 Å². The van der Waals surface area contributed by atoms with Crippen LogP contribution in [-0.4, -0.2) is 87.5 Å². The van der Waals surface area contributed by atoms with Crippen molar-refractivity contribution >= 4 is 5.91 Å². The zero-order valence-corrected chi connectivity index (χ0v) is 31.0. The predicted octanol–water partition coefficient (Wildman–Crippen LogP) is 7.22. The van der Waals surface area contributed by atoms with Crippen LogP contribution in [0.25, 0.3) is 0 Å². The standard InChI is InChI=1S/C39H77NO8/c1-3-5-7-9-11-13-15-16-17-18-19-20-22-24-26-28-33(42)32(31-47-39-38(46)37(45)36(44)34(30-41)48-39)40-35(43)29-27-25-23-21-14-12-10-8-6-4-2/h32-34,36-39,41-42,44-46H,3-31H2,1-2H3,(H,40,43). The number of carbonyl (C=O) groups excluding carboxylic acids is 1. The molecule has 1 heterocycles. The van der Waals surface area contributed by atoms with Crippen LogP contribution in [0.4, 0.5) is 0 Å².